The van der Waals surface area contributed by atoms with E-state index in [1.807, 2.05) is 16.7 Å². The molecular formula is C12H22N2OS. The average Bonchev–Trinajstić information content (AvgIpc) is 2.59. The van der Waals surface area contributed by atoms with Gasteiger partial charge in [-0.2, -0.15) is 11.8 Å². The maximum absolute atomic E-state index is 12.0. The van der Waals surface area contributed by atoms with Gasteiger partial charge in [-0.25, -0.2) is 4.79 Å². The van der Waals surface area contributed by atoms with Gasteiger partial charge in [0.1, 0.15) is 0 Å². The smallest absolute Gasteiger partial charge is 0.317 e. The molecule has 1 N–H and O–H groups in total. The Morgan fingerprint density at radius 1 is 1.12 bits per heavy atom. The number of amides is 2. The molecule has 16 heavy (non-hydrogen) atoms. The van der Waals surface area contributed by atoms with Crippen LogP contribution in [0.15, 0.2) is 0 Å². The number of likely N-dealkylation sites (tertiary alicyclic amines) is 1. The number of nitrogens with zero attached hydrogens (tertiary/aromatic N) is 1. The molecule has 1 atom stereocenters. The predicted octanol–water partition coefficient (Wildman–Crippen LogP) is 2.47. The van der Waals surface area contributed by atoms with E-state index in [0.29, 0.717) is 6.04 Å². The molecule has 2 saturated heterocycles. The lowest BCUT2D eigenvalue weighted by Gasteiger charge is -2.27. The van der Waals surface area contributed by atoms with Gasteiger partial charge in [-0.3, -0.25) is 0 Å². The number of nitrogens with one attached hydrogen (secondary N) is 1. The minimum absolute atomic E-state index is 0.175. The van der Waals surface area contributed by atoms with Crippen molar-refractivity contribution < 1.29 is 4.79 Å². The third-order valence-corrected chi connectivity index (χ3v) is 4.60. The third kappa shape index (κ3) is 3.58. The topological polar surface area (TPSA) is 32.3 Å². The fourth-order valence-electron chi connectivity index (χ4n) is 2.39. The minimum atomic E-state index is 0.175. The van der Waals surface area contributed by atoms with E-state index >= 15 is 0 Å². The maximum Gasteiger partial charge on any atom is 0.317 e. The molecule has 0 aliphatic carbocycles. The minimum Gasteiger partial charge on any atom is -0.334 e. The van der Waals surface area contributed by atoms with E-state index in [1.165, 1.54) is 37.9 Å². The van der Waals surface area contributed by atoms with Gasteiger partial charge >= 0.3 is 6.03 Å². The van der Waals surface area contributed by atoms with Gasteiger partial charge in [0, 0.05) is 24.9 Å². The Bertz CT molecular complexity index is 221. The molecule has 2 aliphatic heterocycles. The van der Waals surface area contributed by atoms with Gasteiger partial charge in [-0.15, -0.1) is 0 Å². The zero-order valence-electron chi connectivity index (χ0n) is 9.91. The highest BCUT2D eigenvalue weighted by Gasteiger charge is 2.20. The largest absolute Gasteiger partial charge is 0.334 e. The van der Waals surface area contributed by atoms with Crippen LogP contribution in [0.3, 0.4) is 0 Å². The number of rotatable bonds is 1. The summed E-state index contributed by atoms with van der Waals surface area (Å²) in [5.41, 5.74) is 0. The van der Waals surface area contributed by atoms with Crippen molar-refractivity contribution in [1.29, 1.82) is 0 Å². The van der Waals surface area contributed by atoms with Gasteiger partial charge in [-0.1, -0.05) is 12.8 Å². The molecule has 2 heterocycles. The summed E-state index contributed by atoms with van der Waals surface area (Å²) < 4.78 is 0. The normalized spacial score (nSPS) is 27.2. The molecule has 0 aromatic heterocycles. The van der Waals surface area contributed by atoms with Crippen molar-refractivity contribution in [3.05, 3.63) is 0 Å². The van der Waals surface area contributed by atoms with Crippen LogP contribution in [-0.4, -0.2) is 41.6 Å². The van der Waals surface area contributed by atoms with E-state index in [9.17, 15) is 4.79 Å². The van der Waals surface area contributed by atoms with Crippen molar-refractivity contribution in [3.63, 3.8) is 0 Å². The molecule has 2 aliphatic rings. The Balaban J connectivity index is 1.76. The quantitative estimate of drug-likeness (QED) is 0.766. The summed E-state index contributed by atoms with van der Waals surface area (Å²) in [7, 11) is 0. The summed E-state index contributed by atoms with van der Waals surface area (Å²) in [6, 6.07) is 0.587. The lowest BCUT2D eigenvalue weighted by Crippen LogP contribution is -2.46. The van der Waals surface area contributed by atoms with Crippen molar-refractivity contribution in [2.75, 3.05) is 24.6 Å². The summed E-state index contributed by atoms with van der Waals surface area (Å²) in [6.45, 7) is 1.90. The highest BCUT2D eigenvalue weighted by molar-refractivity contribution is 7.99. The van der Waals surface area contributed by atoms with Crippen LogP contribution in [0.1, 0.15) is 38.5 Å². The van der Waals surface area contributed by atoms with Crippen molar-refractivity contribution in [2.45, 2.75) is 44.6 Å². The monoisotopic (exact) mass is 242 g/mol. The summed E-state index contributed by atoms with van der Waals surface area (Å²) >= 11 is 1.96. The Labute approximate surface area is 102 Å². The SMILES string of the molecule is O=C(NC1CCCSC1)N1CCCCCC1. The fourth-order valence-corrected chi connectivity index (χ4v) is 3.47. The summed E-state index contributed by atoms with van der Waals surface area (Å²) in [6.07, 6.45) is 7.31. The van der Waals surface area contributed by atoms with Crippen LogP contribution >= 0.6 is 11.8 Å². The molecule has 0 aromatic carbocycles. The molecule has 0 bridgehead atoms. The van der Waals surface area contributed by atoms with Gasteiger partial charge in [-0.05, 0) is 31.4 Å². The number of hydrogen-bond donors (Lipinski definition) is 1. The Morgan fingerprint density at radius 3 is 2.50 bits per heavy atom. The number of hydrogen-bond acceptors (Lipinski definition) is 2. The number of carbonyl (C=O) groups excluding carboxylic acids is 1. The Hall–Kier alpha value is -0.380. The first-order valence-electron chi connectivity index (χ1n) is 6.49. The number of thioether (sulfide) groups is 1. The second kappa shape index (κ2) is 6.38. The van der Waals surface area contributed by atoms with E-state index in [1.54, 1.807) is 0 Å². The molecule has 2 amide bonds. The molecule has 4 heteroatoms. The van der Waals surface area contributed by atoms with Crippen LogP contribution in [0.5, 0.6) is 0 Å². The lowest BCUT2D eigenvalue weighted by atomic mass is 10.2. The Kier molecular flexibility index (Phi) is 4.82. The summed E-state index contributed by atoms with van der Waals surface area (Å²) in [5.74, 6) is 2.36. The Morgan fingerprint density at radius 2 is 1.88 bits per heavy atom. The molecule has 0 saturated carbocycles. The van der Waals surface area contributed by atoms with Crippen LogP contribution in [0.4, 0.5) is 4.79 Å². The van der Waals surface area contributed by atoms with Gasteiger partial charge in [0.2, 0.25) is 0 Å². The lowest BCUT2D eigenvalue weighted by molar-refractivity contribution is 0.196. The highest BCUT2D eigenvalue weighted by Crippen LogP contribution is 2.17. The molecular weight excluding hydrogens is 220 g/mol. The zero-order chi connectivity index (χ0) is 11.2. The fraction of sp³-hybridized carbons (Fsp3) is 0.917. The molecule has 0 spiro atoms. The van der Waals surface area contributed by atoms with Crippen LogP contribution in [0.25, 0.3) is 0 Å². The zero-order valence-corrected chi connectivity index (χ0v) is 10.7. The van der Waals surface area contributed by atoms with Crippen molar-refractivity contribution in [2.24, 2.45) is 0 Å². The van der Waals surface area contributed by atoms with E-state index in [-0.39, 0.29) is 6.03 Å². The highest BCUT2D eigenvalue weighted by atomic mass is 32.2. The molecule has 3 nitrogen and oxygen atoms in total. The second-order valence-corrected chi connectivity index (χ2v) is 5.91. The number of urea groups is 1. The van der Waals surface area contributed by atoms with Crippen LogP contribution < -0.4 is 5.32 Å². The van der Waals surface area contributed by atoms with E-state index in [4.69, 9.17) is 0 Å². The molecule has 1 unspecified atom stereocenters. The first-order chi connectivity index (χ1) is 7.86. The van der Waals surface area contributed by atoms with Gasteiger partial charge in [0.05, 0.1) is 0 Å². The molecule has 92 valence electrons. The third-order valence-electron chi connectivity index (χ3n) is 3.38. The average molecular weight is 242 g/mol. The molecule has 2 fully saturated rings. The van der Waals surface area contributed by atoms with Gasteiger partial charge in [0.15, 0.2) is 0 Å². The van der Waals surface area contributed by atoms with Gasteiger partial charge < -0.3 is 10.2 Å². The van der Waals surface area contributed by atoms with Crippen molar-refractivity contribution in [1.82, 2.24) is 10.2 Å². The maximum atomic E-state index is 12.0. The summed E-state index contributed by atoms with van der Waals surface area (Å²) in [4.78, 5) is 14.0. The van der Waals surface area contributed by atoms with E-state index in [0.717, 1.165) is 25.3 Å². The second-order valence-electron chi connectivity index (χ2n) is 4.76. The van der Waals surface area contributed by atoms with E-state index < -0.39 is 0 Å². The van der Waals surface area contributed by atoms with Crippen LogP contribution in [0, 0.1) is 0 Å². The number of carbonyl (C=O) groups is 1. The first kappa shape index (κ1) is 12.1. The molecule has 2 rings (SSSR count). The van der Waals surface area contributed by atoms with Crippen molar-refractivity contribution in [3.8, 4) is 0 Å². The first-order valence-corrected chi connectivity index (χ1v) is 7.65. The standard InChI is InChI=1S/C12H22N2OS/c15-12(13-11-6-5-9-16-10-11)14-7-3-1-2-4-8-14/h11H,1-10H2,(H,13,15). The predicted molar refractivity (Wildman–Crippen MR) is 68.9 cm³/mol. The van der Waals surface area contributed by atoms with Crippen LogP contribution in [-0.2, 0) is 0 Å². The van der Waals surface area contributed by atoms with E-state index in [2.05, 4.69) is 5.32 Å². The molecule has 0 aromatic rings. The van der Waals surface area contributed by atoms with Crippen molar-refractivity contribution >= 4 is 17.8 Å². The van der Waals surface area contributed by atoms with Crippen LogP contribution in [0.2, 0.25) is 0 Å². The summed E-state index contributed by atoms with van der Waals surface area (Å²) in [5, 5.41) is 3.18. The van der Waals surface area contributed by atoms with Gasteiger partial charge in [0.25, 0.3) is 0 Å². The molecule has 0 radical (unpaired) electrons.